The SMILES string of the molecule is CC(C)N(C(N)=S)c1ccc(-c2ccc(=O)[nH]n2)cc1. The van der Waals surface area contributed by atoms with Gasteiger partial charge in [-0.15, -0.1) is 0 Å². The van der Waals surface area contributed by atoms with Crippen molar-refractivity contribution >= 4 is 23.0 Å². The van der Waals surface area contributed by atoms with Gasteiger partial charge in [-0.1, -0.05) is 12.1 Å². The number of nitrogens with zero attached hydrogens (tertiary/aromatic N) is 2. The Morgan fingerprint density at radius 3 is 2.35 bits per heavy atom. The standard InChI is InChI=1S/C14H16N4OS/c1-9(2)18(14(15)20)11-5-3-10(4-6-11)12-7-8-13(19)17-16-12/h3-9H,1-2H3,(H2,15,20)(H,17,19). The maximum Gasteiger partial charge on any atom is 0.264 e. The summed E-state index contributed by atoms with van der Waals surface area (Å²) in [6.45, 7) is 4.05. The van der Waals surface area contributed by atoms with Gasteiger partial charge in [0, 0.05) is 23.4 Å². The lowest BCUT2D eigenvalue weighted by Crippen LogP contribution is -2.40. The molecule has 1 heterocycles. The number of nitrogens with one attached hydrogen (secondary N) is 1. The van der Waals surface area contributed by atoms with Gasteiger partial charge in [-0.05, 0) is 44.3 Å². The number of hydrogen-bond donors (Lipinski definition) is 2. The molecule has 0 fully saturated rings. The number of nitrogens with two attached hydrogens (primary N) is 1. The van der Waals surface area contributed by atoms with E-state index in [1.807, 2.05) is 43.0 Å². The number of H-pyrrole nitrogens is 1. The highest BCUT2D eigenvalue weighted by Crippen LogP contribution is 2.22. The second kappa shape index (κ2) is 5.83. The van der Waals surface area contributed by atoms with Gasteiger partial charge < -0.3 is 10.6 Å². The van der Waals surface area contributed by atoms with Gasteiger partial charge in [0.1, 0.15) is 0 Å². The Hall–Kier alpha value is -2.21. The first kappa shape index (κ1) is 14.2. The molecular weight excluding hydrogens is 272 g/mol. The van der Waals surface area contributed by atoms with Crippen molar-refractivity contribution in [3.63, 3.8) is 0 Å². The molecule has 5 nitrogen and oxygen atoms in total. The summed E-state index contributed by atoms with van der Waals surface area (Å²) in [6.07, 6.45) is 0. The Kier molecular flexibility index (Phi) is 4.14. The molecule has 2 rings (SSSR count). The molecule has 0 amide bonds. The first-order valence-electron chi connectivity index (χ1n) is 6.24. The number of aromatic amines is 1. The van der Waals surface area contributed by atoms with Crippen LogP contribution in [0.1, 0.15) is 13.8 Å². The number of aromatic nitrogens is 2. The molecule has 1 aromatic carbocycles. The van der Waals surface area contributed by atoms with Crippen LogP contribution in [0.2, 0.25) is 0 Å². The van der Waals surface area contributed by atoms with Crippen LogP contribution in [-0.2, 0) is 0 Å². The van der Waals surface area contributed by atoms with Crippen LogP contribution in [0.5, 0.6) is 0 Å². The van der Waals surface area contributed by atoms with Gasteiger partial charge in [0.25, 0.3) is 5.56 Å². The van der Waals surface area contributed by atoms with E-state index in [1.165, 1.54) is 6.07 Å². The summed E-state index contributed by atoms with van der Waals surface area (Å²) in [5, 5.41) is 6.75. The molecule has 0 saturated carbocycles. The van der Waals surface area contributed by atoms with Gasteiger partial charge in [0.2, 0.25) is 0 Å². The summed E-state index contributed by atoms with van der Waals surface area (Å²) in [5.74, 6) is 0. The Bertz CT molecular complexity index is 643. The molecule has 0 aliphatic rings. The van der Waals surface area contributed by atoms with E-state index in [4.69, 9.17) is 18.0 Å². The summed E-state index contributed by atoms with van der Waals surface area (Å²) < 4.78 is 0. The van der Waals surface area contributed by atoms with Gasteiger partial charge in [-0.2, -0.15) is 5.10 Å². The van der Waals surface area contributed by atoms with E-state index in [-0.39, 0.29) is 11.6 Å². The molecule has 0 spiro atoms. The van der Waals surface area contributed by atoms with E-state index in [1.54, 1.807) is 6.07 Å². The third-order valence-electron chi connectivity index (χ3n) is 2.87. The lowest BCUT2D eigenvalue weighted by molar-refractivity contribution is 0.809. The van der Waals surface area contributed by atoms with Crippen LogP contribution in [0, 0.1) is 0 Å². The predicted octanol–water partition coefficient (Wildman–Crippen LogP) is 1.90. The van der Waals surface area contributed by atoms with Gasteiger partial charge in [0.05, 0.1) is 5.69 Å². The molecular formula is C14H16N4OS. The van der Waals surface area contributed by atoms with Crippen molar-refractivity contribution in [1.82, 2.24) is 10.2 Å². The molecule has 6 heteroatoms. The molecule has 104 valence electrons. The lowest BCUT2D eigenvalue weighted by atomic mass is 10.1. The van der Waals surface area contributed by atoms with E-state index in [9.17, 15) is 4.79 Å². The number of hydrogen-bond acceptors (Lipinski definition) is 3. The van der Waals surface area contributed by atoms with Gasteiger partial charge in [0.15, 0.2) is 5.11 Å². The van der Waals surface area contributed by atoms with Crippen molar-refractivity contribution in [3.05, 3.63) is 46.8 Å². The fraction of sp³-hybridized carbons (Fsp3) is 0.214. The Labute approximate surface area is 122 Å². The molecule has 0 aliphatic heterocycles. The number of thiocarbonyl (C=S) groups is 1. The van der Waals surface area contributed by atoms with Crippen molar-refractivity contribution in [2.24, 2.45) is 5.73 Å². The van der Waals surface area contributed by atoms with Crippen LogP contribution < -0.4 is 16.2 Å². The largest absolute Gasteiger partial charge is 0.376 e. The summed E-state index contributed by atoms with van der Waals surface area (Å²) >= 11 is 5.07. The fourth-order valence-electron chi connectivity index (χ4n) is 1.98. The van der Waals surface area contributed by atoms with E-state index in [0.717, 1.165) is 11.3 Å². The fourth-order valence-corrected chi connectivity index (χ4v) is 2.29. The van der Waals surface area contributed by atoms with Crippen molar-refractivity contribution in [1.29, 1.82) is 0 Å². The van der Waals surface area contributed by atoms with Gasteiger partial charge >= 0.3 is 0 Å². The van der Waals surface area contributed by atoms with E-state index < -0.39 is 0 Å². The molecule has 0 radical (unpaired) electrons. The van der Waals surface area contributed by atoms with Crippen molar-refractivity contribution in [2.75, 3.05) is 4.90 Å². The molecule has 0 bridgehead atoms. The van der Waals surface area contributed by atoms with Crippen molar-refractivity contribution in [2.45, 2.75) is 19.9 Å². The molecule has 1 aromatic heterocycles. The quantitative estimate of drug-likeness (QED) is 0.844. The molecule has 0 aliphatic carbocycles. The average Bonchev–Trinajstić information content (AvgIpc) is 2.40. The van der Waals surface area contributed by atoms with Crippen LogP contribution in [0.4, 0.5) is 5.69 Å². The summed E-state index contributed by atoms with van der Waals surface area (Å²) in [7, 11) is 0. The highest BCUT2D eigenvalue weighted by atomic mass is 32.1. The maximum absolute atomic E-state index is 11.0. The molecule has 0 atom stereocenters. The van der Waals surface area contributed by atoms with Crippen LogP contribution in [0.25, 0.3) is 11.3 Å². The molecule has 0 unspecified atom stereocenters. The van der Waals surface area contributed by atoms with Crippen molar-refractivity contribution < 1.29 is 0 Å². The first-order chi connectivity index (χ1) is 9.49. The number of anilines is 1. The predicted molar refractivity (Wildman–Crippen MR) is 84.7 cm³/mol. The van der Waals surface area contributed by atoms with Crippen LogP contribution in [0.15, 0.2) is 41.2 Å². The van der Waals surface area contributed by atoms with Gasteiger partial charge in [-0.3, -0.25) is 4.79 Å². The average molecular weight is 288 g/mol. The van der Waals surface area contributed by atoms with E-state index in [2.05, 4.69) is 10.2 Å². The molecule has 0 saturated heterocycles. The number of benzene rings is 1. The summed E-state index contributed by atoms with van der Waals surface area (Å²) in [5.41, 5.74) is 8.08. The Morgan fingerprint density at radius 2 is 1.90 bits per heavy atom. The zero-order valence-corrected chi connectivity index (χ0v) is 12.1. The second-order valence-electron chi connectivity index (χ2n) is 4.66. The highest BCUT2D eigenvalue weighted by molar-refractivity contribution is 7.80. The van der Waals surface area contributed by atoms with E-state index >= 15 is 0 Å². The Balaban J connectivity index is 2.32. The molecule has 20 heavy (non-hydrogen) atoms. The zero-order chi connectivity index (χ0) is 14.7. The van der Waals surface area contributed by atoms with Crippen LogP contribution in [-0.4, -0.2) is 21.4 Å². The van der Waals surface area contributed by atoms with Crippen LogP contribution >= 0.6 is 12.2 Å². The molecule has 3 N–H and O–H groups in total. The third kappa shape index (κ3) is 3.03. The highest BCUT2D eigenvalue weighted by Gasteiger charge is 2.13. The minimum atomic E-state index is -0.218. The minimum absolute atomic E-state index is 0.185. The van der Waals surface area contributed by atoms with Crippen LogP contribution in [0.3, 0.4) is 0 Å². The topological polar surface area (TPSA) is 75.0 Å². The number of rotatable bonds is 3. The Morgan fingerprint density at radius 1 is 1.25 bits per heavy atom. The zero-order valence-electron chi connectivity index (χ0n) is 11.3. The second-order valence-corrected chi connectivity index (χ2v) is 5.07. The van der Waals surface area contributed by atoms with Crippen molar-refractivity contribution in [3.8, 4) is 11.3 Å². The lowest BCUT2D eigenvalue weighted by Gasteiger charge is -2.27. The normalized spacial score (nSPS) is 10.6. The first-order valence-corrected chi connectivity index (χ1v) is 6.64. The minimum Gasteiger partial charge on any atom is -0.376 e. The smallest absolute Gasteiger partial charge is 0.264 e. The summed E-state index contributed by atoms with van der Waals surface area (Å²) in [6, 6.07) is 11.0. The maximum atomic E-state index is 11.0. The summed E-state index contributed by atoms with van der Waals surface area (Å²) in [4.78, 5) is 12.9. The monoisotopic (exact) mass is 288 g/mol. The molecule has 2 aromatic rings. The third-order valence-corrected chi connectivity index (χ3v) is 3.07. The van der Waals surface area contributed by atoms with E-state index in [0.29, 0.717) is 10.8 Å². The van der Waals surface area contributed by atoms with Gasteiger partial charge in [-0.25, -0.2) is 5.10 Å².